The molecule has 0 amide bonds. The van der Waals surface area contributed by atoms with E-state index >= 15 is 0 Å². The maximum Gasteiger partial charge on any atom is 0.0604 e. The molecule has 1 nitrogen and oxygen atoms in total. The summed E-state index contributed by atoms with van der Waals surface area (Å²) in [5, 5.41) is 0. The fraction of sp³-hybridized carbons (Fsp3) is 0.970. The predicted octanol–water partition coefficient (Wildman–Crippen LogP) is 12.4. The summed E-state index contributed by atoms with van der Waals surface area (Å²) in [5.74, 6) is 0. The van der Waals surface area contributed by atoms with Crippen molar-refractivity contribution >= 4 is 6.21 Å². The van der Waals surface area contributed by atoms with Gasteiger partial charge in [0, 0.05) is 0 Å². The SMILES string of the molecule is CCCCCCCC=NC(CCCCCCCC)(CCCCCCCC)CCCCCCCC. The third-order valence-corrected chi connectivity index (χ3v) is 7.79. The molecule has 0 heterocycles. The van der Waals surface area contributed by atoms with E-state index in [4.69, 9.17) is 4.99 Å². The Kier molecular flexibility index (Phi) is 27.0. The van der Waals surface area contributed by atoms with E-state index in [1.807, 2.05) is 0 Å². The van der Waals surface area contributed by atoms with Gasteiger partial charge in [-0.2, -0.15) is 0 Å². The minimum atomic E-state index is 0.254. The Balaban J connectivity index is 4.87. The van der Waals surface area contributed by atoms with Crippen molar-refractivity contribution in [2.45, 2.75) is 207 Å². The summed E-state index contributed by atoms with van der Waals surface area (Å²) in [6.45, 7) is 9.28. The first kappa shape index (κ1) is 33.7. The highest BCUT2D eigenvalue weighted by atomic mass is 14.8. The van der Waals surface area contributed by atoms with E-state index in [0.29, 0.717) is 0 Å². The van der Waals surface area contributed by atoms with Crippen molar-refractivity contribution in [3.8, 4) is 0 Å². The van der Waals surface area contributed by atoms with E-state index in [-0.39, 0.29) is 5.54 Å². The van der Waals surface area contributed by atoms with Crippen molar-refractivity contribution in [1.82, 2.24) is 0 Å². The lowest BCUT2D eigenvalue weighted by Gasteiger charge is -2.31. The molecule has 0 atom stereocenters. The number of hydrogen-bond acceptors (Lipinski definition) is 1. The van der Waals surface area contributed by atoms with Gasteiger partial charge in [0.05, 0.1) is 5.54 Å². The Bertz CT molecular complexity index is 359. The van der Waals surface area contributed by atoms with Crippen molar-refractivity contribution < 1.29 is 0 Å². The van der Waals surface area contributed by atoms with Crippen LogP contribution >= 0.6 is 0 Å². The van der Waals surface area contributed by atoms with E-state index < -0.39 is 0 Å². The van der Waals surface area contributed by atoms with E-state index in [2.05, 4.69) is 33.9 Å². The van der Waals surface area contributed by atoms with Crippen LogP contribution in [0.25, 0.3) is 0 Å². The van der Waals surface area contributed by atoms with Gasteiger partial charge in [-0.3, -0.25) is 4.99 Å². The molecule has 0 saturated carbocycles. The molecule has 0 aliphatic carbocycles. The Hall–Kier alpha value is -0.330. The number of rotatable bonds is 28. The van der Waals surface area contributed by atoms with Crippen LogP contribution in [0.2, 0.25) is 0 Å². The van der Waals surface area contributed by atoms with Crippen LogP contribution in [-0.4, -0.2) is 11.8 Å². The Labute approximate surface area is 217 Å². The van der Waals surface area contributed by atoms with Crippen LogP contribution in [0, 0.1) is 0 Å². The van der Waals surface area contributed by atoms with E-state index in [9.17, 15) is 0 Å². The largest absolute Gasteiger partial charge is 0.291 e. The molecule has 0 aliphatic heterocycles. The molecule has 0 aromatic carbocycles. The molecule has 0 aromatic rings. The fourth-order valence-corrected chi connectivity index (χ4v) is 5.37. The standard InChI is InChI=1S/C33H67N/c1-5-9-13-17-21-25-29-33(30-26-22-18-14-10-6-2,31-27-23-19-15-11-7-3)34-32-28-24-20-16-12-8-4/h32H,5-31H2,1-4H3. The molecular weight excluding hydrogens is 410 g/mol. The molecule has 34 heavy (non-hydrogen) atoms. The third kappa shape index (κ3) is 22.2. The smallest absolute Gasteiger partial charge is 0.0604 e. The average Bonchev–Trinajstić information content (AvgIpc) is 2.85. The summed E-state index contributed by atoms with van der Waals surface area (Å²) in [6.07, 6.45) is 39.8. The number of aliphatic imine (C=N–C) groups is 1. The molecule has 0 N–H and O–H groups in total. The van der Waals surface area contributed by atoms with Gasteiger partial charge >= 0.3 is 0 Å². The quantitative estimate of drug-likeness (QED) is 0.0784. The summed E-state index contributed by atoms with van der Waals surface area (Å²) < 4.78 is 0. The Morgan fingerprint density at radius 1 is 0.382 bits per heavy atom. The van der Waals surface area contributed by atoms with Gasteiger partial charge in [0.1, 0.15) is 0 Å². The molecule has 0 bridgehead atoms. The van der Waals surface area contributed by atoms with Crippen molar-refractivity contribution in [3.63, 3.8) is 0 Å². The lowest BCUT2D eigenvalue weighted by atomic mass is 9.82. The summed E-state index contributed by atoms with van der Waals surface area (Å²) in [6, 6.07) is 0. The predicted molar refractivity (Wildman–Crippen MR) is 159 cm³/mol. The van der Waals surface area contributed by atoms with Crippen LogP contribution in [0.4, 0.5) is 0 Å². The average molecular weight is 478 g/mol. The second-order valence-corrected chi connectivity index (χ2v) is 11.3. The first-order chi connectivity index (χ1) is 16.7. The van der Waals surface area contributed by atoms with Crippen molar-refractivity contribution in [2.75, 3.05) is 0 Å². The normalized spacial score (nSPS) is 12.2. The molecule has 0 saturated heterocycles. The van der Waals surface area contributed by atoms with E-state index in [1.54, 1.807) is 0 Å². The number of unbranched alkanes of at least 4 members (excludes halogenated alkanes) is 20. The topological polar surface area (TPSA) is 12.4 Å². The maximum atomic E-state index is 5.45. The minimum absolute atomic E-state index is 0.254. The highest BCUT2D eigenvalue weighted by molar-refractivity contribution is 5.57. The second-order valence-electron chi connectivity index (χ2n) is 11.3. The molecule has 0 unspecified atom stereocenters. The van der Waals surface area contributed by atoms with Gasteiger partial charge in [0.15, 0.2) is 0 Å². The molecule has 204 valence electrons. The molecule has 0 spiro atoms. The van der Waals surface area contributed by atoms with E-state index in [1.165, 1.54) is 173 Å². The first-order valence-corrected chi connectivity index (χ1v) is 16.3. The lowest BCUT2D eigenvalue weighted by Crippen LogP contribution is -2.27. The van der Waals surface area contributed by atoms with Gasteiger partial charge in [-0.15, -0.1) is 0 Å². The summed E-state index contributed by atoms with van der Waals surface area (Å²) in [4.78, 5) is 5.45. The van der Waals surface area contributed by atoms with Crippen LogP contribution in [0.15, 0.2) is 4.99 Å². The number of hydrogen-bond donors (Lipinski definition) is 0. The molecule has 0 radical (unpaired) electrons. The molecule has 1 heteroatoms. The molecule has 0 fully saturated rings. The van der Waals surface area contributed by atoms with Gasteiger partial charge in [0.25, 0.3) is 0 Å². The van der Waals surface area contributed by atoms with Gasteiger partial charge in [-0.1, -0.05) is 169 Å². The highest BCUT2D eigenvalue weighted by Crippen LogP contribution is 2.33. The lowest BCUT2D eigenvalue weighted by molar-refractivity contribution is 0.306. The van der Waals surface area contributed by atoms with Crippen LogP contribution < -0.4 is 0 Å². The molecule has 0 rings (SSSR count). The summed E-state index contributed by atoms with van der Waals surface area (Å²) in [7, 11) is 0. The van der Waals surface area contributed by atoms with Crippen LogP contribution in [0.1, 0.15) is 201 Å². The van der Waals surface area contributed by atoms with Gasteiger partial charge in [0.2, 0.25) is 0 Å². The van der Waals surface area contributed by atoms with Crippen molar-refractivity contribution in [1.29, 1.82) is 0 Å². The maximum absolute atomic E-state index is 5.45. The van der Waals surface area contributed by atoms with Crippen LogP contribution in [-0.2, 0) is 0 Å². The van der Waals surface area contributed by atoms with Crippen molar-refractivity contribution in [2.24, 2.45) is 4.99 Å². The fourth-order valence-electron chi connectivity index (χ4n) is 5.37. The zero-order valence-corrected chi connectivity index (χ0v) is 24.6. The van der Waals surface area contributed by atoms with Gasteiger partial charge in [-0.05, 0) is 38.3 Å². The zero-order valence-electron chi connectivity index (χ0n) is 24.6. The van der Waals surface area contributed by atoms with Gasteiger partial charge in [-0.25, -0.2) is 0 Å². The highest BCUT2D eigenvalue weighted by Gasteiger charge is 2.27. The van der Waals surface area contributed by atoms with Crippen molar-refractivity contribution in [3.05, 3.63) is 0 Å². The Morgan fingerprint density at radius 3 is 1.03 bits per heavy atom. The molecular formula is C33H67N. The minimum Gasteiger partial charge on any atom is -0.291 e. The van der Waals surface area contributed by atoms with E-state index in [0.717, 1.165) is 0 Å². The van der Waals surface area contributed by atoms with Crippen LogP contribution in [0.3, 0.4) is 0 Å². The summed E-state index contributed by atoms with van der Waals surface area (Å²) >= 11 is 0. The van der Waals surface area contributed by atoms with Crippen LogP contribution in [0.5, 0.6) is 0 Å². The third-order valence-electron chi connectivity index (χ3n) is 7.79. The van der Waals surface area contributed by atoms with Gasteiger partial charge < -0.3 is 0 Å². The molecule has 0 aliphatic rings. The first-order valence-electron chi connectivity index (χ1n) is 16.3. The molecule has 0 aromatic heterocycles. The Morgan fingerprint density at radius 2 is 0.676 bits per heavy atom. The zero-order chi connectivity index (χ0) is 25.0. The monoisotopic (exact) mass is 478 g/mol. The second kappa shape index (κ2) is 27.3. The number of nitrogens with zero attached hydrogens (tertiary/aromatic N) is 1. The summed E-state index contributed by atoms with van der Waals surface area (Å²) in [5.41, 5.74) is 0.254.